The van der Waals surface area contributed by atoms with Crippen LogP contribution in [-0.2, 0) is 5.41 Å². The molecule has 158 valence electrons. The Bertz CT molecular complexity index is 1120. The molecule has 0 saturated carbocycles. The molecule has 3 aromatic rings. The van der Waals surface area contributed by atoms with Crippen LogP contribution in [0.25, 0.3) is 5.69 Å². The van der Waals surface area contributed by atoms with Crippen LogP contribution in [0.15, 0.2) is 30.3 Å². The molecule has 1 aromatic heterocycles. The quantitative estimate of drug-likeness (QED) is 0.538. The number of carbonyl (C=O) groups is 1. The summed E-state index contributed by atoms with van der Waals surface area (Å²) >= 11 is 12.2. The Morgan fingerprint density at radius 3 is 2.47 bits per heavy atom. The number of phenols is 1. The van der Waals surface area contributed by atoms with Gasteiger partial charge in [-0.25, -0.2) is 4.68 Å². The van der Waals surface area contributed by atoms with Crippen molar-refractivity contribution in [3.63, 3.8) is 0 Å². The Labute approximate surface area is 184 Å². The standard InChI is InChI=1S/C21H22Cl2N4O3/c1-11-19(20(29)24-15-8-12(21(2,3)4)6-7-17(15)28)25-26-27(11)16-9-13(22)14(23)10-18(16)30-5/h6-10,28H,1-5H3,(H,24,29). The predicted octanol–water partition coefficient (Wildman–Crippen LogP) is 5.15. The molecule has 3 rings (SSSR count). The van der Waals surface area contributed by atoms with Crippen molar-refractivity contribution < 1.29 is 14.6 Å². The predicted molar refractivity (Wildman–Crippen MR) is 117 cm³/mol. The minimum absolute atomic E-state index is 0.0347. The van der Waals surface area contributed by atoms with Crippen LogP contribution in [0.1, 0.15) is 42.5 Å². The van der Waals surface area contributed by atoms with E-state index in [0.717, 1.165) is 5.56 Å². The van der Waals surface area contributed by atoms with Crippen LogP contribution >= 0.6 is 23.2 Å². The lowest BCUT2D eigenvalue weighted by molar-refractivity contribution is 0.102. The molecule has 0 fully saturated rings. The van der Waals surface area contributed by atoms with Crippen molar-refractivity contribution in [3.05, 3.63) is 57.3 Å². The number of ether oxygens (including phenoxy) is 1. The number of aromatic hydroxyl groups is 1. The van der Waals surface area contributed by atoms with Gasteiger partial charge in [0.25, 0.3) is 5.91 Å². The number of nitrogens with one attached hydrogen (secondary N) is 1. The minimum atomic E-state index is -0.501. The van der Waals surface area contributed by atoms with Crippen LogP contribution in [0.4, 0.5) is 5.69 Å². The molecule has 1 amide bonds. The maximum Gasteiger partial charge on any atom is 0.278 e. The molecule has 0 aliphatic carbocycles. The number of hydrogen-bond donors (Lipinski definition) is 2. The van der Waals surface area contributed by atoms with Gasteiger partial charge in [-0.3, -0.25) is 4.79 Å². The SMILES string of the molecule is COc1cc(Cl)c(Cl)cc1-n1nnc(C(=O)Nc2cc(C(C)(C)C)ccc2O)c1C. The third kappa shape index (κ3) is 4.22. The van der Waals surface area contributed by atoms with Gasteiger partial charge in [0.1, 0.15) is 17.2 Å². The first-order valence-corrected chi connectivity index (χ1v) is 9.89. The maximum absolute atomic E-state index is 12.9. The summed E-state index contributed by atoms with van der Waals surface area (Å²) in [6.45, 7) is 7.84. The van der Waals surface area contributed by atoms with Crippen molar-refractivity contribution in [2.24, 2.45) is 0 Å². The van der Waals surface area contributed by atoms with Crippen LogP contribution in [0.3, 0.4) is 0 Å². The Balaban J connectivity index is 1.96. The molecule has 0 radical (unpaired) electrons. The van der Waals surface area contributed by atoms with E-state index >= 15 is 0 Å². The summed E-state index contributed by atoms with van der Waals surface area (Å²) in [5.41, 5.74) is 2.19. The molecule has 0 aliphatic heterocycles. The molecule has 0 unspecified atom stereocenters. The molecule has 0 saturated heterocycles. The van der Waals surface area contributed by atoms with Crippen LogP contribution < -0.4 is 10.1 Å². The van der Waals surface area contributed by atoms with Gasteiger partial charge in [-0.05, 0) is 36.1 Å². The molecule has 0 atom stereocenters. The van der Waals surface area contributed by atoms with E-state index in [2.05, 4.69) is 15.6 Å². The first-order chi connectivity index (χ1) is 14.0. The van der Waals surface area contributed by atoms with Gasteiger partial charge in [-0.15, -0.1) is 5.10 Å². The Kier molecular flexibility index (Phi) is 5.97. The van der Waals surface area contributed by atoms with E-state index in [0.29, 0.717) is 32.9 Å². The number of nitrogens with zero attached hydrogens (tertiary/aromatic N) is 3. The van der Waals surface area contributed by atoms with E-state index < -0.39 is 5.91 Å². The lowest BCUT2D eigenvalue weighted by Gasteiger charge is -2.20. The number of methoxy groups -OCH3 is 1. The second-order valence-corrected chi connectivity index (χ2v) is 8.62. The number of hydrogen-bond acceptors (Lipinski definition) is 5. The van der Waals surface area contributed by atoms with E-state index in [9.17, 15) is 9.90 Å². The van der Waals surface area contributed by atoms with Crippen LogP contribution in [0.5, 0.6) is 11.5 Å². The van der Waals surface area contributed by atoms with Crippen molar-refractivity contribution in [3.8, 4) is 17.2 Å². The van der Waals surface area contributed by atoms with Gasteiger partial charge in [-0.1, -0.05) is 55.3 Å². The van der Waals surface area contributed by atoms with Crippen LogP contribution in [0, 0.1) is 6.92 Å². The minimum Gasteiger partial charge on any atom is -0.506 e. The molecular weight excluding hydrogens is 427 g/mol. The van der Waals surface area contributed by atoms with E-state index in [1.54, 1.807) is 31.2 Å². The third-order valence-electron chi connectivity index (χ3n) is 4.67. The lowest BCUT2D eigenvalue weighted by Crippen LogP contribution is -2.16. The molecule has 30 heavy (non-hydrogen) atoms. The Hall–Kier alpha value is -2.77. The van der Waals surface area contributed by atoms with Crippen LogP contribution in [-0.4, -0.2) is 33.1 Å². The summed E-state index contributed by atoms with van der Waals surface area (Å²) in [5.74, 6) is -0.105. The number of halogens is 2. The highest BCUT2D eigenvalue weighted by Crippen LogP contribution is 2.34. The van der Waals surface area contributed by atoms with Crippen LogP contribution in [0.2, 0.25) is 10.0 Å². The summed E-state index contributed by atoms with van der Waals surface area (Å²) in [7, 11) is 1.49. The van der Waals surface area contributed by atoms with Gasteiger partial charge < -0.3 is 15.2 Å². The van der Waals surface area contributed by atoms with Crippen molar-refractivity contribution in [1.29, 1.82) is 0 Å². The molecule has 7 nitrogen and oxygen atoms in total. The van der Waals surface area contributed by atoms with Crippen molar-refractivity contribution in [2.75, 3.05) is 12.4 Å². The molecule has 0 aliphatic rings. The Morgan fingerprint density at radius 1 is 1.17 bits per heavy atom. The highest BCUT2D eigenvalue weighted by molar-refractivity contribution is 6.42. The first-order valence-electron chi connectivity index (χ1n) is 9.13. The van der Waals surface area contributed by atoms with Gasteiger partial charge in [0.15, 0.2) is 5.69 Å². The number of phenolic OH excluding ortho intramolecular Hbond substituents is 1. The fraction of sp³-hybridized carbons (Fsp3) is 0.286. The monoisotopic (exact) mass is 448 g/mol. The van der Waals surface area contributed by atoms with Crippen molar-refractivity contribution in [1.82, 2.24) is 15.0 Å². The topological polar surface area (TPSA) is 89.3 Å². The van der Waals surface area contributed by atoms with E-state index in [1.165, 1.54) is 11.8 Å². The third-order valence-corrected chi connectivity index (χ3v) is 5.39. The number of aromatic nitrogens is 3. The number of rotatable bonds is 4. The van der Waals surface area contributed by atoms with E-state index in [-0.39, 0.29) is 16.9 Å². The average molecular weight is 449 g/mol. The number of anilines is 1. The highest BCUT2D eigenvalue weighted by Gasteiger charge is 2.22. The van der Waals surface area contributed by atoms with Crippen molar-refractivity contribution in [2.45, 2.75) is 33.1 Å². The van der Waals surface area contributed by atoms with Gasteiger partial charge in [0.2, 0.25) is 0 Å². The van der Waals surface area contributed by atoms with Gasteiger partial charge in [-0.2, -0.15) is 0 Å². The molecule has 9 heteroatoms. The van der Waals surface area contributed by atoms with E-state index in [1.807, 2.05) is 26.8 Å². The van der Waals surface area contributed by atoms with Gasteiger partial charge in [0.05, 0.1) is 28.5 Å². The molecule has 0 bridgehead atoms. The highest BCUT2D eigenvalue weighted by atomic mass is 35.5. The largest absolute Gasteiger partial charge is 0.506 e. The Morgan fingerprint density at radius 2 is 1.83 bits per heavy atom. The smallest absolute Gasteiger partial charge is 0.278 e. The van der Waals surface area contributed by atoms with Crippen molar-refractivity contribution >= 4 is 34.8 Å². The summed E-state index contributed by atoms with van der Waals surface area (Å²) in [5, 5.41) is 21.6. The second-order valence-electron chi connectivity index (χ2n) is 7.81. The molecule has 0 spiro atoms. The number of carbonyl (C=O) groups excluding carboxylic acids is 1. The molecule has 1 heterocycles. The molecular formula is C21H22Cl2N4O3. The van der Waals surface area contributed by atoms with E-state index in [4.69, 9.17) is 27.9 Å². The van der Waals surface area contributed by atoms with Gasteiger partial charge in [0, 0.05) is 6.07 Å². The average Bonchev–Trinajstić information content (AvgIpc) is 3.05. The summed E-state index contributed by atoms with van der Waals surface area (Å²) < 4.78 is 6.80. The zero-order chi connectivity index (χ0) is 22.2. The molecule has 2 aromatic carbocycles. The number of amides is 1. The number of benzene rings is 2. The molecule has 2 N–H and O–H groups in total. The maximum atomic E-state index is 12.9. The zero-order valence-corrected chi connectivity index (χ0v) is 18.8. The zero-order valence-electron chi connectivity index (χ0n) is 17.2. The fourth-order valence-corrected chi connectivity index (χ4v) is 3.21. The first kappa shape index (κ1) is 21.9. The summed E-state index contributed by atoms with van der Waals surface area (Å²) in [4.78, 5) is 12.9. The normalized spacial score (nSPS) is 11.4. The lowest BCUT2D eigenvalue weighted by atomic mass is 9.87. The summed E-state index contributed by atoms with van der Waals surface area (Å²) in [6, 6.07) is 8.28. The summed E-state index contributed by atoms with van der Waals surface area (Å²) in [6.07, 6.45) is 0. The fourth-order valence-electron chi connectivity index (χ4n) is 2.90. The van der Waals surface area contributed by atoms with Gasteiger partial charge >= 0.3 is 0 Å². The second kappa shape index (κ2) is 8.16.